The molecule has 75 heavy (non-hydrogen) atoms. The molecule has 0 aromatic heterocycles. The maximum Gasteiger partial charge on any atom is 0.123 e. The van der Waals surface area contributed by atoms with Crippen molar-refractivity contribution in [1.82, 2.24) is 0 Å². The number of hydrogen-bond donors (Lipinski definition) is 0. The van der Waals surface area contributed by atoms with Gasteiger partial charge >= 0.3 is 0 Å². The van der Waals surface area contributed by atoms with E-state index in [1.165, 1.54) is 0 Å². The molecule has 1 heterocycles. The monoisotopic (exact) mass is 1020 g/mol. The summed E-state index contributed by atoms with van der Waals surface area (Å²) in [5.41, 5.74) is 6.79. The molecule has 0 saturated carbocycles. The highest BCUT2D eigenvalue weighted by Crippen LogP contribution is 2.30. The van der Waals surface area contributed by atoms with Crippen LogP contribution in [0, 0.1) is 0 Å². The van der Waals surface area contributed by atoms with Crippen molar-refractivity contribution >= 4 is 0 Å². The van der Waals surface area contributed by atoms with E-state index < -0.39 is 0 Å². The average molecular weight is 1020 g/mol. The van der Waals surface area contributed by atoms with Crippen LogP contribution in [0.3, 0.4) is 0 Å². The molecule has 7 aromatic rings. The molecule has 0 N–H and O–H groups in total. The van der Waals surface area contributed by atoms with Gasteiger partial charge in [-0.05, 0) is 75.3 Å². The third-order valence-corrected chi connectivity index (χ3v) is 11.6. The Morgan fingerprint density at radius 3 is 0.867 bits per heavy atom. The molecule has 1 fully saturated rings. The maximum atomic E-state index is 6.60. The summed E-state index contributed by atoms with van der Waals surface area (Å²) in [4.78, 5) is 0. The lowest BCUT2D eigenvalue weighted by atomic mass is 10.2. The third kappa shape index (κ3) is 20.7. The van der Waals surface area contributed by atoms with Crippen LogP contribution in [0.1, 0.15) is 38.9 Å². The summed E-state index contributed by atoms with van der Waals surface area (Å²) in [5, 5.41) is 0. The third-order valence-electron chi connectivity index (χ3n) is 11.6. The highest BCUT2D eigenvalue weighted by Gasteiger charge is 2.14. The van der Waals surface area contributed by atoms with Crippen LogP contribution in [-0.2, 0) is 79.4 Å². The molecule has 1 saturated heterocycles. The Morgan fingerprint density at radius 1 is 0.280 bits per heavy atom. The summed E-state index contributed by atoms with van der Waals surface area (Å²) in [7, 11) is 0. The molecule has 0 bridgehead atoms. The summed E-state index contributed by atoms with van der Waals surface area (Å²) >= 11 is 0. The summed E-state index contributed by atoms with van der Waals surface area (Å²) in [6.45, 7) is 7.40. The van der Waals surface area contributed by atoms with Crippen LogP contribution >= 0.6 is 0 Å². The Bertz CT molecular complexity index is 2360. The van der Waals surface area contributed by atoms with Crippen LogP contribution in [0.5, 0.6) is 34.5 Å². The molecule has 7 aromatic carbocycles. The predicted molar refractivity (Wildman–Crippen MR) is 285 cm³/mol. The van der Waals surface area contributed by atoms with E-state index in [1.807, 2.05) is 176 Å². The van der Waals surface area contributed by atoms with Gasteiger partial charge in [0, 0.05) is 18.2 Å². The van der Waals surface area contributed by atoms with Crippen LogP contribution < -0.4 is 28.4 Å². The molecule has 1 atom stereocenters. The van der Waals surface area contributed by atoms with Crippen LogP contribution in [0.15, 0.2) is 176 Å². The Morgan fingerprint density at radius 2 is 0.547 bits per heavy atom. The van der Waals surface area contributed by atoms with Gasteiger partial charge in [-0.3, -0.25) is 0 Å². The van der Waals surface area contributed by atoms with Gasteiger partial charge in [-0.25, -0.2) is 0 Å². The SMILES string of the molecule is c1ccc(COc2cc(COc3cc(COCC4COCCOCCOCCOCCOCCO4)cc(OCc4cc(OCc5ccccc5)cc(OCc5ccccc5)c4)c3)cc(OCc3ccccc3)c2)cc1. The minimum Gasteiger partial charge on any atom is -0.489 e. The molecule has 13 heteroatoms. The van der Waals surface area contributed by atoms with Gasteiger partial charge in [-0.2, -0.15) is 0 Å². The largest absolute Gasteiger partial charge is 0.489 e. The molecular formula is C62H68O13. The fraction of sp³-hybridized carbons (Fsp3) is 0.323. The molecule has 1 unspecified atom stereocenters. The second-order valence-corrected chi connectivity index (χ2v) is 17.6. The molecule has 394 valence electrons. The van der Waals surface area contributed by atoms with Crippen molar-refractivity contribution in [3.05, 3.63) is 215 Å². The zero-order valence-corrected chi connectivity index (χ0v) is 42.6. The molecule has 1 aliphatic rings. The van der Waals surface area contributed by atoms with E-state index in [9.17, 15) is 0 Å². The summed E-state index contributed by atoms with van der Waals surface area (Å²) in [6, 6.07) is 57.8. The normalized spacial score (nSPS) is 15.2. The first kappa shape index (κ1) is 54.3. The van der Waals surface area contributed by atoms with Crippen molar-refractivity contribution in [2.24, 2.45) is 0 Å². The number of ether oxygens (including phenoxy) is 13. The van der Waals surface area contributed by atoms with Crippen molar-refractivity contribution in [2.75, 3.05) is 79.3 Å². The van der Waals surface area contributed by atoms with E-state index in [-0.39, 0.29) is 32.5 Å². The highest BCUT2D eigenvalue weighted by atomic mass is 16.6. The van der Waals surface area contributed by atoms with Crippen molar-refractivity contribution in [1.29, 1.82) is 0 Å². The first-order valence-electron chi connectivity index (χ1n) is 25.6. The van der Waals surface area contributed by atoms with Gasteiger partial charge in [-0.15, -0.1) is 0 Å². The van der Waals surface area contributed by atoms with Gasteiger partial charge in [0.25, 0.3) is 0 Å². The quantitative estimate of drug-likeness (QED) is 0.0641. The van der Waals surface area contributed by atoms with E-state index in [2.05, 4.69) is 0 Å². The first-order chi connectivity index (χ1) is 37.1. The summed E-state index contributed by atoms with van der Waals surface area (Å²) < 4.78 is 79.5. The van der Waals surface area contributed by atoms with Crippen molar-refractivity contribution in [2.45, 2.75) is 52.4 Å². The minimum absolute atomic E-state index is 0.217. The van der Waals surface area contributed by atoms with Gasteiger partial charge in [-0.1, -0.05) is 121 Å². The van der Waals surface area contributed by atoms with Crippen molar-refractivity contribution < 1.29 is 61.6 Å². The molecule has 0 aliphatic carbocycles. The number of hydrogen-bond acceptors (Lipinski definition) is 13. The summed E-state index contributed by atoms with van der Waals surface area (Å²) in [5.74, 6) is 3.84. The lowest BCUT2D eigenvalue weighted by Crippen LogP contribution is -2.28. The first-order valence-corrected chi connectivity index (χ1v) is 25.6. The molecular weight excluding hydrogens is 953 g/mol. The standard InChI is InChI=1S/C62H68O13/c1-5-13-49(14-6-1)41-70-58-33-54(34-59(38-58)71-42-50-15-7-2-8-16-50)45-74-56-31-53(40-68-48-62-47-67-28-27-65-24-23-63-21-22-64-25-26-66-29-30-69-62)32-57(37-56)75-46-55-35-60(72-43-51-17-9-3-10-18-51)39-61(36-55)73-44-52-19-11-4-12-20-52/h1-20,31-39,62H,21-30,40-48H2. The van der Waals surface area contributed by atoms with Gasteiger partial charge in [0.15, 0.2) is 0 Å². The van der Waals surface area contributed by atoms with Gasteiger partial charge < -0.3 is 61.6 Å². The Kier molecular flexibility index (Phi) is 23.0. The fourth-order valence-electron chi connectivity index (χ4n) is 7.76. The zero-order valence-electron chi connectivity index (χ0n) is 42.6. The van der Waals surface area contributed by atoms with E-state index in [4.69, 9.17) is 61.6 Å². The molecule has 1 aliphatic heterocycles. The molecule has 0 spiro atoms. The highest BCUT2D eigenvalue weighted by molar-refractivity contribution is 5.42. The van der Waals surface area contributed by atoms with E-state index >= 15 is 0 Å². The van der Waals surface area contributed by atoms with Gasteiger partial charge in [0.05, 0.1) is 85.9 Å². The Labute approximate surface area is 441 Å². The van der Waals surface area contributed by atoms with Crippen LogP contribution in [0.2, 0.25) is 0 Å². The van der Waals surface area contributed by atoms with E-state index in [1.54, 1.807) is 0 Å². The lowest BCUT2D eigenvalue weighted by molar-refractivity contribution is -0.0866. The topological polar surface area (TPSA) is 120 Å². The number of rotatable bonds is 22. The Balaban J connectivity index is 0.988. The Hall–Kier alpha value is -6.94. The van der Waals surface area contributed by atoms with E-state index in [0.29, 0.717) is 134 Å². The second kappa shape index (κ2) is 31.7. The number of benzene rings is 7. The maximum absolute atomic E-state index is 6.60. The predicted octanol–water partition coefficient (Wildman–Crippen LogP) is 11.2. The van der Waals surface area contributed by atoms with Crippen molar-refractivity contribution in [3.8, 4) is 34.5 Å². The molecule has 0 amide bonds. The van der Waals surface area contributed by atoms with Crippen LogP contribution in [-0.4, -0.2) is 85.4 Å². The van der Waals surface area contributed by atoms with Crippen molar-refractivity contribution in [3.63, 3.8) is 0 Å². The van der Waals surface area contributed by atoms with Crippen LogP contribution in [0.25, 0.3) is 0 Å². The second-order valence-electron chi connectivity index (χ2n) is 17.6. The smallest absolute Gasteiger partial charge is 0.123 e. The lowest BCUT2D eigenvalue weighted by Gasteiger charge is -2.19. The molecule has 13 nitrogen and oxygen atoms in total. The fourth-order valence-corrected chi connectivity index (χ4v) is 7.76. The van der Waals surface area contributed by atoms with Gasteiger partial charge in [0.2, 0.25) is 0 Å². The molecule has 0 radical (unpaired) electrons. The summed E-state index contributed by atoms with van der Waals surface area (Å²) in [6.07, 6.45) is -0.355. The molecule has 8 rings (SSSR count). The average Bonchev–Trinajstić information content (AvgIpc) is 3.45. The zero-order chi connectivity index (χ0) is 51.2. The minimum atomic E-state index is -0.355. The van der Waals surface area contributed by atoms with Gasteiger partial charge in [0.1, 0.15) is 80.2 Å². The van der Waals surface area contributed by atoms with E-state index in [0.717, 1.165) is 38.9 Å². The van der Waals surface area contributed by atoms with Crippen LogP contribution in [0.4, 0.5) is 0 Å².